The Bertz CT molecular complexity index is 601. The third kappa shape index (κ3) is 7.18. The number of benzene rings is 1. The maximum absolute atomic E-state index is 12.0. The van der Waals surface area contributed by atoms with Gasteiger partial charge in [-0.05, 0) is 81.0 Å². The minimum atomic E-state index is -0.230. The van der Waals surface area contributed by atoms with Crippen LogP contribution in [0, 0.1) is 17.8 Å². The fourth-order valence-electron chi connectivity index (χ4n) is 4.24. The van der Waals surface area contributed by atoms with E-state index in [1.165, 1.54) is 44.9 Å². The molecule has 0 amide bonds. The van der Waals surface area contributed by atoms with Gasteiger partial charge in [-0.3, -0.25) is 0 Å². The highest BCUT2D eigenvalue weighted by Gasteiger charge is 2.24. The number of anilines is 1. The highest BCUT2D eigenvalue weighted by Crippen LogP contribution is 2.34. The zero-order valence-electron chi connectivity index (χ0n) is 17.5. The van der Waals surface area contributed by atoms with Crippen molar-refractivity contribution in [3.63, 3.8) is 0 Å². The van der Waals surface area contributed by atoms with Crippen LogP contribution in [-0.2, 0) is 4.74 Å². The Morgan fingerprint density at radius 2 is 1.79 bits per heavy atom. The van der Waals surface area contributed by atoms with Crippen LogP contribution in [0.2, 0.25) is 0 Å². The van der Waals surface area contributed by atoms with Gasteiger partial charge in [-0.1, -0.05) is 31.4 Å². The molecule has 0 bridgehead atoms. The average Bonchev–Trinajstić information content (AvgIpc) is 3.41. The lowest BCUT2D eigenvalue weighted by atomic mass is 9.93. The molecule has 2 atom stereocenters. The SMILES string of the molecule is C=CC1CCCC1.C=CC1CCCC1CCOC(=O)c1ccc(NCC)cc1. The standard InChI is InChI=1S/C18H25NO2.C7H12/c1-3-14-6-5-7-15(14)12-13-21-18(20)16-8-10-17(11-9-16)19-4-2;1-2-7-5-3-4-6-7/h3,8-11,14-15,19H,1,4-7,12-13H2,2H3;2,7H,1,3-6H2. The third-order valence-electron chi connectivity index (χ3n) is 5.98. The lowest BCUT2D eigenvalue weighted by molar-refractivity contribution is 0.0478. The summed E-state index contributed by atoms with van der Waals surface area (Å²) in [6, 6.07) is 7.43. The minimum Gasteiger partial charge on any atom is -0.462 e. The fourth-order valence-corrected chi connectivity index (χ4v) is 4.24. The van der Waals surface area contributed by atoms with Gasteiger partial charge in [0.05, 0.1) is 12.2 Å². The molecule has 0 aromatic heterocycles. The molecule has 1 aromatic rings. The van der Waals surface area contributed by atoms with Gasteiger partial charge in [-0.15, -0.1) is 13.2 Å². The number of rotatable bonds is 8. The van der Waals surface area contributed by atoms with Crippen molar-refractivity contribution >= 4 is 11.7 Å². The van der Waals surface area contributed by atoms with Gasteiger partial charge in [0.25, 0.3) is 0 Å². The first-order valence-electron chi connectivity index (χ1n) is 10.9. The van der Waals surface area contributed by atoms with E-state index in [9.17, 15) is 4.79 Å². The second kappa shape index (κ2) is 12.4. The van der Waals surface area contributed by atoms with E-state index in [2.05, 4.69) is 30.6 Å². The quantitative estimate of drug-likeness (QED) is 0.404. The molecule has 2 aliphatic carbocycles. The van der Waals surface area contributed by atoms with Crippen LogP contribution >= 0.6 is 0 Å². The van der Waals surface area contributed by atoms with Crippen LogP contribution in [0.25, 0.3) is 0 Å². The van der Waals surface area contributed by atoms with E-state index in [-0.39, 0.29) is 5.97 Å². The minimum absolute atomic E-state index is 0.230. The maximum atomic E-state index is 12.0. The van der Waals surface area contributed by atoms with Gasteiger partial charge in [0.15, 0.2) is 0 Å². The number of ether oxygens (including phenoxy) is 1. The van der Waals surface area contributed by atoms with Crippen LogP contribution in [0.5, 0.6) is 0 Å². The van der Waals surface area contributed by atoms with Crippen LogP contribution in [0.1, 0.15) is 68.6 Å². The van der Waals surface area contributed by atoms with E-state index in [0.717, 1.165) is 24.6 Å². The molecular weight excluding hydrogens is 346 g/mol. The van der Waals surface area contributed by atoms with E-state index in [4.69, 9.17) is 4.74 Å². The molecular formula is C25H37NO2. The first-order chi connectivity index (χ1) is 13.7. The molecule has 2 saturated carbocycles. The Morgan fingerprint density at radius 3 is 2.36 bits per heavy atom. The van der Waals surface area contributed by atoms with E-state index in [1.54, 1.807) is 0 Å². The summed E-state index contributed by atoms with van der Waals surface area (Å²) in [6.07, 6.45) is 14.4. The second-order valence-corrected chi connectivity index (χ2v) is 7.90. The topological polar surface area (TPSA) is 38.3 Å². The lowest BCUT2D eigenvalue weighted by Crippen LogP contribution is -2.12. The first kappa shape index (κ1) is 22.3. The number of carbonyl (C=O) groups is 1. The molecule has 3 heteroatoms. The van der Waals surface area contributed by atoms with Crippen molar-refractivity contribution in [2.45, 2.75) is 58.3 Å². The molecule has 0 radical (unpaired) electrons. The molecule has 3 nitrogen and oxygen atoms in total. The number of hydrogen-bond acceptors (Lipinski definition) is 3. The molecule has 0 heterocycles. The Kier molecular flexibility index (Phi) is 9.88. The normalized spacial score (nSPS) is 21.5. The zero-order valence-corrected chi connectivity index (χ0v) is 17.5. The smallest absolute Gasteiger partial charge is 0.338 e. The van der Waals surface area contributed by atoms with Gasteiger partial charge < -0.3 is 10.1 Å². The number of hydrogen-bond donors (Lipinski definition) is 1. The number of carbonyl (C=O) groups excluding carboxylic acids is 1. The van der Waals surface area contributed by atoms with Crippen LogP contribution in [0.3, 0.4) is 0 Å². The molecule has 0 saturated heterocycles. The summed E-state index contributed by atoms with van der Waals surface area (Å²) in [5.74, 6) is 1.86. The van der Waals surface area contributed by atoms with Crippen molar-refractivity contribution < 1.29 is 9.53 Å². The van der Waals surface area contributed by atoms with Gasteiger partial charge >= 0.3 is 5.97 Å². The molecule has 2 aliphatic rings. The molecule has 2 fully saturated rings. The largest absolute Gasteiger partial charge is 0.462 e. The predicted molar refractivity (Wildman–Crippen MR) is 119 cm³/mol. The summed E-state index contributed by atoms with van der Waals surface area (Å²) in [5.41, 5.74) is 1.64. The molecule has 0 spiro atoms. The van der Waals surface area contributed by atoms with E-state index >= 15 is 0 Å². The van der Waals surface area contributed by atoms with Crippen molar-refractivity contribution in [1.29, 1.82) is 0 Å². The van der Waals surface area contributed by atoms with Gasteiger partial charge in [-0.2, -0.15) is 0 Å². The molecule has 1 N–H and O–H groups in total. The third-order valence-corrected chi connectivity index (χ3v) is 5.98. The highest BCUT2D eigenvalue weighted by atomic mass is 16.5. The van der Waals surface area contributed by atoms with E-state index in [0.29, 0.717) is 24.0 Å². The molecule has 3 rings (SSSR count). The van der Waals surface area contributed by atoms with Crippen molar-refractivity contribution in [1.82, 2.24) is 0 Å². The summed E-state index contributed by atoms with van der Waals surface area (Å²) >= 11 is 0. The second-order valence-electron chi connectivity index (χ2n) is 7.90. The summed E-state index contributed by atoms with van der Waals surface area (Å²) in [4.78, 5) is 12.0. The molecule has 0 aliphatic heterocycles. The van der Waals surface area contributed by atoms with E-state index in [1.807, 2.05) is 31.2 Å². The van der Waals surface area contributed by atoms with Crippen molar-refractivity contribution in [2.24, 2.45) is 17.8 Å². The monoisotopic (exact) mass is 383 g/mol. The molecule has 154 valence electrons. The van der Waals surface area contributed by atoms with Gasteiger partial charge in [0.2, 0.25) is 0 Å². The summed E-state index contributed by atoms with van der Waals surface area (Å²) < 4.78 is 5.39. The first-order valence-corrected chi connectivity index (χ1v) is 10.9. The lowest BCUT2D eigenvalue weighted by Gasteiger charge is -2.15. The molecule has 2 unspecified atom stereocenters. The Morgan fingerprint density at radius 1 is 1.07 bits per heavy atom. The van der Waals surface area contributed by atoms with Crippen molar-refractivity contribution in [2.75, 3.05) is 18.5 Å². The van der Waals surface area contributed by atoms with Crippen LogP contribution in [0.15, 0.2) is 49.6 Å². The van der Waals surface area contributed by atoms with Crippen LogP contribution < -0.4 is 5.32 Å². The average molecular weight is 384 g/mol. The Balaban J connectivity index is 0.000000336. The van der Waals surface area contributed by atoms with Gasteiger partial charge in [-0.25, -0.2) is 4.79 Å². The number of allylic oxidation sites excluding steroid dienone is 2. The Labute approximate surface area is 171 Å². The van der Waals surface area contributed by atoms with Crippen LogP contribution in [-0.4, -0.2) is 19.1 Å². The highest BCUT2D eigenvalue weighted by molar-refractivity contribution is 5.89. The summed E-state index contributed by atoms with van der Waals surface area (Å²) in [7, 11) is 0. The van der Waals surface area contributed by atoms with Crippen molar-refractivity contribution in [3.8, 4) is 0 Å². The van der Waals surface area contributed by atoms with Crippen molar-refractivity contribution in [3.05, 3.63) is 55.1 Å². The Hall–Kier alpha value is -2.03. The number of nitrogens with one attached hydrogen (secondary N) is 1. The van der Waals surface area contributed by atoms with E-state index < -0.39 is 0 Å². The zero-order chi connectivity index (χ0) is 20.2. The van der Waals surface area contributed by atoms with Crippen LogP contribution in [0.4, 0.5) is 5.69 Å². The molecule has 28 heavy (non-hydrogen) atoms. The molecule has 1 aromatic carbocycles. The predicted octanol–water partition coefficient (Wildman–Crippen LogP) is 6.63. The summed E-state index contributed by atoms with van der Waals surface area (Å²) in [5, 5.41) is 3.20. The number of esters is 1. The van der Waals surface area contributed by atoms with Gasteiger partial charge in [0.1, 0.15) is 0 Å². The fraction of sp³-hybridized carbons (Fsp3) is 0.560. The maximum Gasteiger partial charge on any atom is 0.338 e. The van der Waals surface area contributed by atoms with Gasteiger partial charge in [0, 0.05) is 12.2 Å². The summed E-state index contributed by atoms with van der Waals surface area (Å²) in [6.45, 7) is 11.1.